The van der Waals surface area contributed by atoms with Crippen LogP contribution in [0.4, 0.5) is 10.5 Å². The molecule has 7 heteroatoms. The molecule has 0 radical (unpaired) electrons. The zero-order chi connectivity index (χ0) is 17.7. The van der Waals surface area contributed by atoms with Crippen molar-refractivity contribution < 1.29 is 19.2 Å². The second-order valence-corrected chi connectivity index (χ2v) is 6.20. The lowest BCUT2D eigenvalue weighted by atomic mass is 10.0. The van der Waals surface area contributed by atoms with Crippen LogP contribution in [-0.4, -0.2) is 47.1 Å². The van der Waals surface area contributed by atoms with Crippen LogP contribution < -0.4 is 5.32 Å². The fraction of sp³-hybridized carbons (Fsp3) is 0.222. The number of nitrogens with zero attached hydrogens (tertiary/aromatic N) is 2. The van der Waals surface area contributed by atoms with E-state index in [-0.39, 0.29) is 0 Å². The molecule has 7 nitrogen and oxygen atoms in total. The lowest BCUT2D eigenvalue weighted by Crippen LogP contribution is -2.38. The SMILES string of the molecule is CN1C(=O)C(=O)N(CC(=O)Nc2ccc3c4c(cccc24)CC3)C1=O. The van der Waals surface area contributed by atoms with Crippen molar-refractivity contribution >= 4 is 40.2 Å². The molecule has 1 saturated heterocycles. The molecule has 0 atom stereocenters. The summed E-state index contributed by atoms with van der Waals surface area (Å²) in [6, 6.07) is 8.99. The first kappa shape index (κ1) is 15.3. The Morgan fingerprint density at radius 1 is 1.04 bits per heavy atom. The number of hydrogen-bond acceptors (Lipinski definition) is 4. The Labute approximate surface area is 143 Å². The molecule has 4 rings (SSSR count). The van der Waals surface area contributed by atoms with Gasteiger partial charge < -0.3 is 5.32 Å². The summed E-state index contributed by atoms with van der Waals surface area (Å²) in [5.41, 5.74) is 3.13. The van der Waals surface area contributed by atoms with Gasteiger partial charge in [0.2, 0.25) is 5.91 Å². The summed E-state index contributed by atoms with van der Waals surface area (Å²) in [5.74, 6) is -2.44. The van der Waals surface area contributed by atoms with Gasteiger partial charge in [0, 0.05) is 18.1 Å². The largest absolute Gasteiger partial charge is 0.334 e. The van der Waals surface area contributed by atoms with Crippen LogP contribution in [0.3, 0.4) is 0 Å². The van der Waals surface area contributed by atoms with E-state index < -0.39 is 30.3 Å². The Morgan fingerprint density at radius 3 is 2.44 bits per heavy atom. The van der Waals surface area contributed by atoms with Crippen molar-refractivity contribution in [3.8, 4) is 0 Å². The fourth-order valence-corrected chi connectivity index (χ4v) is 3.44. The van der Waals surface area contributed by atoms with Crippen molar-refractivity contribution in [2.24, 2.45) is 0 Å². The minimum absolute atomic E-state index is 0.489. The number of hydrogen-bond donors (Lipinski definition) is 1. The number of urea groups is 1. The Morgan fingerprint density at radius 2 is 1.76 bits per heavy atom. The van der Waals surface area contributed by atoms with Crippen LogP contribution in [0.25, 0.3) is 10.8 Å². The fourth-order valence-electron chi connectivity index (χ4n) is 3.44. The first-order valence-electron chi connectivity index (χ1n) is 7.94. The average molecular weight is 337 g/mol. The summed E-state index contributed by atoms with van der Waals surface area (Å²) in [4.78, 5) is 48.8. The van der Waals surface area contributed by atoms with E-state index in [0.29, 0.717) is 15.5 Å². The maximum atomic E-state index is 12.3. The molecule has 1 heterocycles. The second kappa shape index (κ2) is 5.41. The molecule has 2 aromatic rings. The molecule has 126 valence electrons. The number of imide groups is 2. The van der Waals surface area contributed by atoms with Crippen molar-refractivity contribution in [3.63, 3.8) is 0 Å². The summed E-state index contributed by atoms with van der Waals surface area (Å²) in [6.45, 7) is -0.489. The summed E-state index contributed by atoms with van der Waals surface area (Å²) >= 11 is 0. The number of carbonyl (C=O) groups excluding carboxylic acids is 4. The number of amides is 5. The molecule has 0 spiro atoms. The van der Waals surface area contributed by atoms with Crippen LogP contribution in [0.5, 0.6) is 0 Å². The Bertz CT molecular complexity index is 956. The van der Waals surface area contributed by atoms with E-state index in [9.17, 15) is 19.2 Å². The summed E-state index contributed by atoms with van der Waals surface area (Å²) in [5, 5.41) is 4.84. The van der Waals surface area contributed by atoms with Gasteiger partial charge in [-0.1, -0.05) is 24.3 Å². The van der Waals surface area contributed by atoms with Gasteiger partial charge in [-0.2, -0.15) is 0 Å². The van der Waals surface area contributed by atoms with Crippen molar-refractivity contribution in [3.05, 3.63) is 41.5 Å². The molecule has 0 unspecified atom stereocenters. The van der Waals surface area contributed by atoms with E-state index in [1.165, 1.54) is 18.2 Å². The third-order valence-electron chi connectivity index (χ3n) is 4.70. The Kier molecular flexibility index (Phi) is 3.31. The van der Waals surface area contributed by atoms with Crippen LogP contribution in [0, 0.1) is 0 Å². The van der Waals surface area contributed by atoms with Crippen LogP contribution >= 0.6 is 0 Å². The molecule has 0 aromatic heterocycles. The molecule has 1 N–H and O–H groups in total. The third-order valence-corrected chi connectivity index (χ3v) is 4.70. The smallest absolute Gasteiger partial charge is 0.324 e. The van der Waals surface area contributed by atoms with E-state index in [2.05, 4.69) is 11.4 Å². The standard InChI is InChI=1S/C18H15N3O4/c1-20-16(23)17(24)21(18(20)25)9-14(22)19-13-8-7-11-6-5-10-3-2-4-12(13)15(10)11/h2-4,7-8H,5-6,9H2,1H3,(H,19,22). The van der Waals surface area contributed by atoms with Crippen molar-refractivity contribution in [1.82, 2.24) is 9.80 Å². The first-order chi connectivity index (χ1) is 12.0. The van der Waals surface area contributed by atoms with E-state index in [0.717, 1.165) is 23.6 Å². The Balaban J connectivity index is 1.59. The van der Waals surface area contributed by atoms with Crippen LogP contribution in [0.1, 0.15) is 11.1 Å². The topological polar surface area (TPSA) is 86.8 Å². The maximum Gasteiger partial charge on any atom is 0.334 e. The molecule has 0 saturated carbocycles. The quantitative estimate of drug-likeness (QED) is 0.675. The number of carbonyl (C=O) groups is 4. The molecule has 2 aromatic carbocycles. The van der Waals surface area contributed by atoms with E-state index in [4.69, 9.17) is 0 Å². The third kappa shape index (κ3) is 2.27. The van der Waals surface area contributed by atoms with E-state index >= 15 is 0 Å². The predicted molar refractivity (Wildman–Crippen MR) is 89.9 cm³/mol. The summed E-state index contributed by atoms with van der Waals surface area (Å²) in [7, 11) is 1.21. The first-order valence-corrected chi connectivity index (χ1v) is 7.94. The highest BCUT2D eigenvalue weighted by Gasteiger charge is 2.43. The monoisotopic (exact) mass is 337 g/mol. The lowest BCUT2D eigenvalue weighted by Gasteiger charge is -2.14. The van der Waals surface area contributed by atoms with Gasteiger partial charge in [-0.15, -0.1) is 0 Å². The minimum atomic E-state index is -0.983. The number of likely N-dealkylation sites (N-methyl/N-ethyl adjacent to an activating group) is 1. The number of benzene rings is 2. The highest BCUT2D eigenvalue weighted by Crippen LogP contribution is 2.34. The van der Waals surface area contributed by atoms with E-state index in [1.54, 1.807) is 0 Å². The van der Waals surface area contributed by atoms with Gasteiger partial charge in [0.15, 0.2) is 0 Å². The van der Waals surface area contributed by atoms with Gasteiger partial charge in [0.1, 0.15) is 6.54 Å². The summed E-state index contributed by atoms with van der Waals surface area (Å²) < 4.78 is 0. The van der Waals surface area contributed by atoms with Crippen molar-refractivity contribution in [2.75, 3.05) is 18.9 Å². The molecule has 25 heavy (non-hydrogen) atoms. The maximum absolute atomic E-state index is 12.3. The number of nitrogens with one attached hydrogen (secondary N) is 1. The van der Waals surface area contributed by atoms with Crippen molar-refractivity contribution in [2.45, 2.75) is 12.8 Å². The van der Waals surface area contributed by atoms with Crippen molar-refractivity contribution in [1.29, 1.82) is 0 Å². The molecule has 1 aliphatic heterocycles. The van der Waals surface area contributed by atoms with Gasteiger partial charge in [-0.3, -0.25) is 19.3 Å². The molecule has 1 fully saturated rings. The normalized spacial score (nSPS) is 16.3. The molecule has 2 aliphatic rings. The second-order valence-electron chi connectivity index (χ2n) is 6.20. The van der Waals surface area contributed by atoms with Crippen LogP contribution in [0.15, 0.2) is 30.3 Å². The molecule has 1 aliphatic carbocycles. The highest BCUT2D eigenvalue weighted by molar-refractivity contribution is 6.45. The molecule has 5 amide bonds. The number of anilines is 1. The molecular weight excluding hydrogens is 322 g/mol. The minimum Gasteiger partial charge on any atom is -0.324 e. The van der Waals surface area contributed by atoms with Gasteiger partial charge in [0.05, 0.1) is 0 Å². The molecular formula is C18H15N3O4. The van der Waals surface area contributed by atoms with E-state index in [1.807, 2.05) is 24.3 Å². The van der Waals surface area contributed by atoms with Gasteiger partial charge in [-0.25, -0.2) is 9.69 Å². The zero-order valence-corrected chi connectivity index (χ0v) is 13.5. The summed E-state index contributed by atoms with van der Waals surface area (Å²) in [6.07, 6.45) is 1.96. The van der Waals surface area contributed by atoms with Crippen LogP contribution in [-0.2, 0) is 27.2 Å². The van der Waals surface area contributed by atoms with Gasteiger partial charge in [-0.05, 0) is 35.4 Å². The molecule has 0 bridgehead atoms. The average Bonchev–Trinajstić information content (AvgIpc) is 3.10. The predicted octanol–water partition coefficient (Wildman–Crippen LogP) is 1.30. The Hall–Kier alpha value is -3.22. The number of aryl methyl sites for hydroxylation is 2. The van der Waals surface area contributed by atoms with Gasteiger partial charge >= 0.3 is 17.8 Å². The zero-order valence-electron chi connectivity index (χ0n) is 13.5. The number of rotatable bonds is 3. The lowest BCUT2D eigenvalue weighted by molar-refractivity contribution is -0.143. The van der Waals surface area contributed by atoms with Gasteiger partial charge in [0.25, 0.3) is 0 Å². The van der Waals surface area contributed by atoms with Crippen LogP contribution in [0.2, 0.25) is 0 Å². The highest BCUT2D eigenvalue weighted by atomic mass is 16.2.